The SMILES string of the molecule is CCOc1cc2c(cc1NC(=O)c1ccc3c(c1)OCCO3)OC(C)C2. The van der Waals surface area contributed by atoms with E-state index in [4.69, 9.17) is 18.9 Å². The van der Waals surface area contributed by atoms with Crippen molar-refractivity contribution in [1.29, 1.82) is 0 Å². The summed E-state index contributed by atoms with van der Waals surface area (Å²) >= 11 is 0. The molecule has 1 atom stereocenters. The molecule has 2 aliphatic rings. The summed E-state index contributed by atoms with van der Waals surface area (Å²) in [6.07, 6.45) is 0.967. The Hall–Kier alpha value is -2.89. The molecule has 26 heavy (non-hydrogen) atoms. The van der Waals surface area contributed by atoms with Crippen molar-refractivity contribution in [2.24, 2.45) is 0 Å². The van der Waals surface area contributed by atoms with Crippen molar-refractivity contribution in [2.75, 3.05) is 25.1 Å². The van der Waals surface area contributed by atoms with Crippen LogP contribution in [0, 0.1) is 0 Å². The van der Waals surface area contributed by atoms with Gasteiger partial charge in [-0.1, -0.05) is 0 Å². The van der Waals surface area contributed by atoms with E-state index in [0.29, 0.717) is 48.3 Å². The van der Waals surface area contributed by atoms with Crippen LogP contribution in [0.5, 0.6) is 23.0 Å². The molecule has 0 bridgehead atoms. The standard InChI is InChI=1S/C20H21NO5/c1-3-23-18-10-14-8-12(2)26-17(14)11-15(18)21-20(22)13-4-5-16-19(9-13)25-7-6-24-16/h4-5,9-12H,3,6-8H2,1-2H3,(H,21,22). The van der Waals surface area contributed by atoms with Crippen molar-refractivity contribution >= 4 is 11.6 Å². The zero-order chi connectivity index (χ0) is 18.1. The van der Waals surface area contributed by atoms with Crippen LogP contribution in [0.3, 0.4) is 0 Å². The van der Waals surface area contributed by atoms with Crippen LogP contribution < -0.4 is 24.3 Å². The maximum atomic E-state index is 12.7. The van der Waals surface area contributed by atoms with Crippen LogP contribution in [0.15, 0.2) is 30.3 Å². The molecule has 0 aliphatic carbocycles. The Morgan fingerprint density at radius 1 is 1.15 bits per heavy atom. The second-order valence-corrected chi connectivity index (χ2v) is 6.33. The van der Waals surface area contributed by atoms with Crippen LogP contribution in [0.1, 0.15) is 29.8 Å². The van der Waals surface area contributed by atoms with Crippen LogP contribution in [0.2, 0.25) is 0 Å². The first-order valence-corrected chi connectivity index (χ1v) is 8.81. The lowest BCUT2D eigenvalue weighted by atomic mass is 10.1. The minimum absolute atomic E-state index is 0.128. The fourth-order valence-electron chi connectivity index (χ4n) is 3.19. The first kappa shape index (κ1) is 16.6. The molecular weight excluding hydrogens is 334 g/mol. The number of hydrogen-bond donors (Lipinski definition) is 1. The van der Waals surface area contributed by atoms with Gasteiger partial charge < -0.3 is 24.3 Å². The Labute approximate surface area is 152 Å². The van der Waals surface area contributed by atoms with Crippen LogP contribution in [0.4, 0.5) is 5.69 Å². The van der Waals surface area contributed by atoms with Gasteiger partial charge in [0.1, 0.15) is 30.8 Å². The van der Waals surface area contributed by atoms with Gasteiger partial charge in [-0.2, -0.15) is 0 Å². The summed E-state index contributed by atoms with van der Waals surface area (Å²) in [6, 6.07) is 8.94. The quantitative estimate of drug-likeness (QED) is 0.910. The van der Waals surface area contributed by atoms with E-state index in [1.54, 1.807) is 18.2 Å². The molecule has 2 aliphatic heterocycles. The number of anilines is 1. The summed E-state index contributed by atoms with van der Waals surface area (Å²) in [5, 5.41) is 2.92. The first-order valence-electron chi connectivity index (χ1n) is 8.81. The fraction of sp³-hybridized carbons (Fsp3) is 0.350. The van der Waals surface area contributed by atoms with E-state index in [0.717, 1.165) is 17.7 Å². The largest absolute Gasteiger partial charge is 0.492 e. The molecule has 6 nitrogen and oxygen atoms in total. The minimum Gasteiger partial charge on any atom is -0.492 e. The molecule has 0 saturated carbocycles. The number of fused-ring (bicyclic) bond motifs is 2. The van der Waals surface area contributed by atoms with Crippen molar-refractivity contribution < 1.29 is 23.7 Å². The number of benzene rings is 2. The number of ether oxygens (including phenoxy) is 4. The van der Waals surface area contributed by atoms with E-state index >= 15 is 0 Å². The van der Waals surface area contributed by atoms with E-state index in [1.807, 2.05) is 26.0 Å². The summed E-state index contributed by atoms with van der Waals surface area (Å²) in [4.78, 5) is 12.7. The molecule has 2 heterocycles. The molecule has 2 aromatic rings. The normalized spacial score (nSPS) is 17.2. The number of carbonyl (C=O) groups excluding carboxylic acids is 1. The van der Waals surface area contributed by atoms with Gasteiger partial charge >= 0.3 is 0 Å². The summed E-state index contributed by atoms with van der Waals surface area (Å²) in [5.74, 6) is 2.44. The summed E-state index contributed by atoms with van der Waals surface area (Å²) < 4.78 is 22.6. The van der Waals surface area contributed by atoms with E-state index in [2.05, 4.69) is 5.32 Å². The summed E-state index contributed by atoms with van der Waals surface area (Å²) in [6.45, 7) is 5.45. The van der Waals surface area contributed by atoms with Gasteiger partial charge in [0.25, 0.3) is 5.91 Å². The van der Waals surface area contributed by atoms with Gasteiger partial charge in [0.2, 0.25) is 0 Å². The van der Waals surface area contributed by atoms with Gasteiger partial charge in [-0.3, -0.25) is 4.79 Å². The van der Waals surface area contributed by atoms with Crippen molar-refractivity contribution in [1.82, 2.24) is 0 Å². The van der Waals surface area contributed by atoms with Crippen molar-refractivity contribution in [3.8, 4) is 23.0 Å². The monoisotopic (exact) mass is 355 g/mol. The van der Waals surface area contributed by atoms with Crippen LogP contribution in [-0.4, -0.2) is 31.8 Å². The third-order valence-corrected chi connectivity index (χ3v) is 4.35. The molecule has 0 spiro atoms. The highest BCUT2D eigenvalue weighted by molar-refractivity contribution is 6.05. The zero-order valence-electron chi connectivity index (χ0n) is 14.8. The summed E-state index contributed by atoms with van der Waals surface area (Å²) in [7, 11) is 0. The molecule has 0 saturated heterocycles. The first-order chi connectivity index (χ1) is 12.6. The van der Waals surface area contributed by atoms with Gasteiger partial charge in [-0.15, -0.1) is 0 Å². The predicted molar refractivity (Wildman–Crippen MR) is 96.8 cm³/mol. The second-order valence-electron chi connectivity index (χ2n) is 6.33. The third-order valence-electron chi connectivity index (χ3n) is 4.35. The molecule has 0 fully saturated rings. The van der Waals surface area contributed by atoms with Crippen LogP contribution in [-0.2, 0) is 6.42 Å². The van der Waals surface area contributed by atoms with Gasteiger partial charge in [0.15, 0.2) is 11.5 Å². The average Bonchev–Trinajstić information content (AvgIpc) is 3.00. The highest BCUT2D eigenvalue weighted by Gasteiger charge is 2.23. The van der Waals surface area contributed by atoms with E-state index in [-0.39, 0.29) is 12.0 Å². The molecule has 6 heteroatoms. The van der Waals surface area contributed by atoms with Crippen LogP contribution in [0.25, 0.3) is 0 Å². The fourth-order valence-corrected chi connectivity index (χ4v) is 3.19. The lowest BCUT2D eigenvalue weighted by molar-refractivity contribution is 0.102. The molecule has 1 unspecified atom stereocenters. The van der Waals surface area contributed by atoms with Crippen LogP contribution >= 0.6 is 0 Å². The third kappa shape index (κ3) is 3.14. The predicted octanol–water partition coefficient (Wildman–Crippen LogP) is 3.43. The molecule has 136 valence electrons. The Bertz CT molecular complexity index is 848. The Morgan fingerprint density at radius 2 is 1.96 bits per heavy atom. The van der Waals surface area contributed by atoms with E-state index in [1.165, 1.54) is 0 Å². The number of carbonyl (C=O) groups is 1. The van der Waals surface area contributed by atoms with Gasteiger partial charge in [-0.25, -0.2) is 0 Å². The Balaban J connectivity index is 1.60. The smallest absolute Gasteiger partial charge is 0.255 e. The zero-order valence-corrected chi connectivity index (χ0v) is 14.8. The molecule has 4 rings (SSSR count). The number of rotatable bonds is 4. The molecule has 0 aromatic heterocycles. The highest BCUT2D eigenvalue weighted by atomic mass is 16.6. The average molecular weight is 355 g/mol. The van der Waals surface area contributed by atoms with Gasteiger partial charge in [0.05, 0.1) is 12.3 Å². The summed E-state index contributed by atoms with van der Waals surface area (Å²) in [5.41, 5.74) is 2.18. The Kier molecular flexibility index (Phi) is 4.32. The molecule has 1 amide bonds. The van der Waals surface area contributed by atoms with E-state index in [9.17, 15) is 4.79 Å². The highest BCUT2D eigenvalue weighted by Crippen LogP contribution is 2.38. The van der Waals surface area contributed by atoms with Crippen molar-refractivity contribution in [2.45, 2.75) is 26.4 Å². The molecular formula is C20H21NO5. The number of hydrogen-bond acceptors (Lipinski definition) is 5. The van der Waals surface area contributed by atoms with E-state index < -0.39 is 0 Å². The Morgan fingerprint density at radius 3 is 2.77 bits per heavy atom. The molecule has 0 radical (unpaired) electrons. The number of amides is 1. The minimum atomic E-state index is -0.242. The molecule has 2 aromatic carbocycles. The lowest BCUT2D eigenvalue weighted by Gasteiger charge is -2.19. The maximum absolute atomic E-state index is 12.7. The van der Waals surface area contributed by atoms with Crippen molar-refractivity contribution in [3.05, 3.63) is 41.5 Å². The number of nitrogens with one attached hydrogen (secondary N) is 1. The van der Waals surface area contributed by atoms with Crippen molar-refractivity contribution in [3.63, 3.8) is 0 Å². The second kappa shape index (κ2) is 6.78. The molecule has 1 N–H and O–H groups in total. The lowest BCUT2D eigenvalue weighted by Crippen LogP contribution is -2.17. The topological polar surface area (TPSA) is 66.0 Å². The maximum Gasteiger partial charge on any atom is 0.255 e. The van der Waals surface area contributed by atoms with Gasteiger partial charge in [0, 0.05) is 23.6 Å². The van der Waals surface area contributed by atoms with Gasteiger partial charge in [-0.05, 0) is 38.1 Å².